The van der Waals surface area contributed by atoms with E-state index in [0.717, 1.165) is 29.0 Å². The maximum Gasteiger partial charge on any atom is 0.243 e. The van der Waals surface area contributed by atoms with Crippen LogP contribution in [0.2, 0.25) is 0 Å². The van der Waals surface area contributed by atoms with Crippen molar-refractivity contribution in [2.45, 2.75) is 78.1 Å². The first kappa shape index (κ1) is 30.3. The fourth-order valence-corrected chi connectivity index (χ4v) is 4.56. The monoisotopic (exact) mass is 550 g/mol. The zero-order chi connectivity index (χ0) is 28.3. The van der Waals surface area contributed by atoms with Gasteiger partial charge in [0.15, 0.2) is 0 Å². The molecule has 1 aromatic heterocycles. The first-order valence-corrected chi connectivity index (χ1v) is 14.5. The number of nitrogens with zero attached hydrogens (tertiary/aromatic N) is 1. The maximum absolute atomic E-state index is 13.5. The zero-order valence-electron chi connectivity index (χ0n) is 23.7. The molecule has 8 heteroatoms. The zero-order valence-corrected chi connectivity index (χ0v) is 24.5. The SMILES string of the molecule is CC(C)CCN[C@@H](Cc1cscn1)C(=O)N[C@H](Cc1ccc(OCc2ccccc2)cc1)C(=O)NC(C)(C)C. The van der Waals surface area contributed by atoms with Crippen molar-refractivity contribution in [2.24, 2.45) is 5.92 Å². The van der Waals surface area contributed by atoms with E-state index in [9.17, 15) is 9.59 Å². The fourth-order valence-electron chi connectivity index (χ4n) is 3.99. The van der Waals surface area contributed by atoms with Gasteiger partial charge in [-0.2, -0.15) is 0 Å². The highest BCUT2D eigenvalue weighted by molar-refractivity contribution is 7.07. The second-order valence-corrected chi connectivity index (χ2v) is 12.0. The molecule has 39 heavy (non-hydrogen) atoms. The van der Waals surface area contributed by atoms with Crippen LogP contribution in [0.5, 0.6) is 5.75 Å². The molecule has 0 aliphatic rings. The number of thiazole rings is 1. The molecule has 0 unspecified atom stereocenters. The van der Waals surface area contributed by atoms with Crippen LogP contribution in [0.4, 0.5) is 0 Å². The average Bonchev–Trinajstić information content (AvgIpc) is 3.40. The Balaban J connectivity index is 1.70. The van der Waals surface area contributed by atoms with Gasteiger partial charge in [-0.25, -0.2) is 4.98 Å². The highest BCUT2D eigenvalue weighted by Gasteiger charge is 2.28. The van der Waals surface area contributed by atoms with Crippen molar-refractivity contribution in [3.63, 3.8) is 0 Å². The van der Waals surface area contributed by atoms with E-state index in [-0.39, 0.29) is 11.8 Å². The third-order valence-electron chi connectivity index (χ3n) is 6.07. The number of amides is 2. The molecule has 0 aliphatic heterocycles. The van der Waals surface area contributed by atoms with Crippen LogP contribution in [-0.2, 0) is 29.0 Å². The molecular formula is C31H42N4O3S. The van der Waals surface area contributed by atoms with E-state index in [4.69, 9.17) is 4.74 Å². The highest BCUT2D eigenvalue weighted by atomic mass is 32.1. The lowest BCUT2D eigenvalue weighted by molar-refractivity contribution is -0.130. The van der Waals surface area contributed by atoms with E-state index in [1.165, 1.54) is 11.3 Å². The van der Waals surface area contributed by atoms with Crippen molar-refractivity contribution in [2.75, 3.05) is 6.54 Å². The van der Waals surface area contributed by atoms with E-state index < -0.39 is 17.6 Å². The van der Waals surface area contributed by atoms with E-state index in [1.807, 2.05) is 80.7 Å². The predicted octanol–water partition coefficient (Wildman–Crippen LogP) is 4.91. The van der Waals surface area contributed by atoms with E-state index in [0.29, 0.717) is 31.9 Å². The quantitative estimate of drug-likeness (QED) is 0.265. The Morgan fingerprint density at radius 2 is 1.64 bits per heavy atom. The Morgan fingerprint density at radius 3 is 2.26 bits per heavy atom. The number of carbonyl (C=O) groups excluding carboxylic acids is 2. The fraction of sp³-hybridized carbons (Fsp3) is 0.452. The van der Waals surface area contributed by atoms with Crippen molar-refractivity contribution in [3.05, 3.63) is 82.3 Å². The van der Waals surface area contributed by atoms with Crippen molar-refractivity contribution in [3.8, 4) is 5.75 Å². The minimum absolute atomic E-state index is 0.205. The third kappa shape index (κ3) is 11.2. The van der Waals surface area contributed by atoms with E-state index >= 15 is 0 Å². The molecule has 3 N–H and O–H groups in total. The number of hydrogen-bond acceptors (Lipinski definition) is 6. The van der Waals surface area contributed by atoms with E-state index in [2.05, 4.69) is 34.8 Å². The van der Waals surface area contributed by atoms with Crippen molar-refractivity contribution < 1.29 is 14.3 Å². The van der Waals surface area contributed by atoms with Gasteiger partial charge in [0.25, 0.3) is 0 Å². The average molecular weight is 551 g/mol. The van der Waals surface area contributed by atoms with Crippen LogP contribution in [0, 0.1) is 5.92 Å². The number of benzene rings is 2. The first-order chi connectivity index (χ1) is 18.6. The third-order valence-corrected chi connectivity index (χ3v) is 6.70. The van der Waals surface area contributed by atoms with Gasteiger partial charge in [0.2, 0.25) is 11.8 Å². The molecule has 0 fully saturated rings. The molecule has 0 radical (unpaired) electrons. The minimum Gasteiger partial charge on any atom is -0.489 e. The summed E-state index contributed by atoms with van der Waals surface area (Å²) < 4.78 is 5.90. The Labute approximate surface area is 236 Å². The molecule has 3 aromatic rings. The van der Waals surface area contributed by atoms with Crippen molar-refractivity contribution in [1.82, 2.24) is 20.9 Å². The molecule has 0 spiro atoms. The molecular weight excluding hydrogens is 508 g/mol. The second-order valence-electron chi connectivity index (χ2n) is 11.3. The number of nitrogens with one attached hydrogen (secondary N) is 3. The summed E-state index contributed by atoms with van der Waals surface area (Å²) in [7, 11) is 0. The van der Waals surface area contributed by atoms with Gasteiger partial charge in [-0.15, -0.1) is 11.3 Å². The van der Waals surface area contributed by atoms with Gasteiger partial charge < -0.3 is 20.7 Å². The minimum atomic E-state index is -0.724. The van der Waals surface area contributed by atoms with Crippen LogP contribution in [0.15, 0.2) is 65.5 Å². The highest BCUT2D eigenvalue weighted by Crippen LogP contribution is 2.16. The number of ether oxygens (including phenoxy) is 1. The smallest absolute Gasteiger partial charge is 0.243 e. The van der Waals surface area contributed by atoms with Crippen LogP contribution in [-0.4, -0.2) is 41.0 Å². The number of aromatic nitrogens is 1. The van der Waals surface area contributed by atoms with Gasteiger partial charge in [0.05, 0.1) is 17.2 Å². The van der Waals surface area contributed by atoms with Crippen LogP contribution in [0.1, 0.15) is 57.9 Å². The molecule has 0 bridgehead atoms. The van der Waals surface area contributed by atoms with E-state index in [1.54, 1.807) is 5.51 Å². The van der Waals surface area contributed by atoms with Crippen LogP contribution in [0.25, 0.3) is 0 Å². The first-order valence-electron chi connectivity index (χ1n) is 13.6. The Bertz CT molecular complexity index is 1140. The molecule has 2 aromatic carbocycles. The van der Waals surface area contributed by atoms with Gasteiger partial charge in [0, 0.05) is 23.8 Å². The Hall–Kier alpha value is -3.23. The summed E-state index contributed by atoms with van der Waals surface area (Å²) in [5.41, 5.74) is 4.23. The molecule has 0 saturated heterocycles. The summed E-state index contributed by atoms with van der Waals surface area (Å²) in [6.07, 6.45) is 1.78. The number of rotatable bonds is 14. The molecule has 0 saturated carbocycles. The summed E-state index contributed by atoms with van der Waals surface area (Å²) in [5.74, 6) is 0.851. The van der Waals surface area contributed by atoms with Gasteiger partial charge >= 0.3 is 0 Å². The van der Waals surface area contributed by atoms with Crippen LogP contribution in [0.3, 0.4) is 0 Å². The molecule has 3 rings (SSSR count). The normalized spacial score (nSPS) is 13.1. The number of carbonyl (C=O) groups is 2. The number of hydrogen-bond donors (Lipinski definition) is 3. The molecule has 1 heterocycles. The van der Waals surface area contributed by atoms with Gasteiger partial charge in [0.1, 0.15) is 18.4 Å². The summed E-state index contributed by atoms with van der Waals surface area (Å²) in [5, 5.41) is 11.4. The summed E-state index contributed by atoms with van der Waals surface area (Å²) >= 11 is 1.51. The molecule has 0 aliphatic carbocycles. The summed E-state index contributed by atoms with van der Waals surface area (Å²) in [4.78, 5) is 31.1. The maximum atomic E-state index is 13.5. The second kappa shape index (κ2) is 14.8. The molecule has 2 atom stereocenters. The predicted molar refractivity (Wildman–Crippen MR) is 158 cm³/mol. The molecule has 2 amide bonds. The largest absolute Gasteiger partial charge is 0.489 e. The molecule has 210 valence electrons. The van der Waals surface area contributed by atoms with Gasteiger partial charge in [-0.1, -0.05) is 56.3 Å². The summed E-state index contributed by atoms with van der Waals surface area (Å²) in [6, 6.07) is 16.5. The Morgan fingerprint density at radius 1 is 0.923 bits per heavy atom. The van der Waals surface area contributed by atoms with Crippen LogP contribution < -0.4 is 20.7 Å². The van der Waals surface area contributed by atoms with Crippen molar-refractivity contribution in [1.29, 1.82) is 0 Å². The topological polar surface area (TPSA) is 92.3 Å². The lowest BCUT2D eigenvalue weighted by Crippen LogP contribution is -2.56. The molecule has 7 nitrogen and oxygen atoms in total. The van der Waals surface area contributed by atoms with Crippen LogP contribution >= 0.6 is 11.3 Å². The standard InChI is InChI=1S/C31H42N4O3S/c1-22(2)15-16-32-27(18-25-20-39-21-33-25)29(36)34-28(30(37)35-31(3,4)5)17-23-11-13-26(14-12-23)38-19-24-9-7-6-8-10-24/h6-14,20-22,27-28,32H,15-19H2,1-5H3,(H,34,36)(H,35,37)/t27-,28+/m0/s1. The lowest BCUT2D eigenvalue weighted by atomic mass is 10.0. The van der Waals surface area contributed by atoms with Crippen molar-refractivity contribution >= 4 is 23.2 Å². The lowest BCUT2D eigenvalue weighted by Gasteiger charge is -2.27. The van der Waals surface area contributed by atoms with Gasteiger partial charge in [-0.05, 0) is 62.9 Å². The Kier molecular flexibility index (Phi) is 11.5. The van der Waals surface area contributed by atoms with Gasteiger partial charge in [-0.3, -0.25) is 9.59 Å². The summed E-state index contributed by atoms with van der Waals surface area (Å²) in [6.45, 7) is 11.3.